The fourth-order valence-corrected chi connectivity index (χ4v) is 4.10. The Bertz CT molecular complexity index is 979. The molecule has 0 aliphatic heterocycles. The van der Waals surface area contributed by atoms with E-state index >= 15 is 0 Å². The molecule has 2 aromatic heterocycles. The largest absolute Gasteiger partial charge is 0.331 e. The number of carbonyl (C=O) groups is 2. The van der Waals surface area contributed by atoms with Gasteiger partial charge in [0.05, 0.1) is 33.5 Å². The summed E-state index contributed by atoms with van der Waals surface area (Å²) in [4.78, 5) is 28.3. The van der Waals surface area contributed by atoms with Gasteiger partial charge in [0.1, 0.15) is 0 Å². The number of Topliss-reactive ketones (excluding diaryl/α,β-unsaturated/α-hetero) is 1. The molecule has 3 rings (SSSR count). The number of halogens is 1. The molecule has 0 bridgehead atoms. The van der Waals surface area contributed by atoms with Gasteiger partial charge in [0.2, 0.25) is 0 Å². The van der Waals surface area contributed by atoms with Crippen molar-refractivity contribution in [1.29, 1.82) is 0 Å². The number of thiophene rings is 1. The number of nitrogens with zero attached hydrogens (tertiary/aromatic N) is 3. The van der Waals surface area contributed by atoms with Crippen molar-refractivity contribution in [1.82, 2.24) is 14.7 Å². The average Bonchev–Trinajstić information content (AvgIpc) is 3.21. The van der Waals surface area contributed by atoms with Crippen molar-refractivity contribution in [2.75, 3.05) is 6.54 Å². The second kappa shape index (κ2) is 8.06. The molecule has 5 nitrogen and oxygen atoms in total. The number of ketones is 1. The van der Waals surface area contributed by atoms with Crippen molar-refractivity contribution >= 4 is 34.6 Å². The third-order valence-corrected chi connectivity index (χ3v) is 5.57. The van der Waals surface area contributed by atoms with Crippen molar-refractivity contribution in [2.45, 2.75) is 27.3 Å². The minimum absolute atomic E-state index is 0.364. The Morgan fingerprint density at radius 3 is 2.44 bits per heavy atom. The normalized spacial score (nSPS) is 10.8. The molecular formula is C20H20ClN3O2S. The molecule has 7 heteroatoms. The molecule has 0 aliphatic carbocycles. The van der Waals surface area contributed by atoms with Crippen molar-refractivity contribution in [3.8, 4) is 5.69 Å². The molecule has 1 aromatic carbocycles. The zero-order valence-electron chi connectivity index (χ0n) is 15.4. The van der Waals surface area contributed by atoms with Crippen molar-refractivity contribution < 1.29 is 9.59 Å². The lowest BCUT2D eigenvalue weighted by atomic mass is 10.1. The summed E-state index contributed by atoms with van der Waals surface area (Å²) in [7, 11) is 0. The SMILES string of the molecule is CCN(Cc1ccc(Cl)s1)C(=O)C(=O)c1c(C)nn(-c2ccccc2)c1C. The van der Waals surface area contributed by atoms with Gasteiger partial charge in [-0.1, -0.05) is 29.8 Å². The summed E-state index contributed by atoms with van der Waals surface area (Å²) in [6.07, 6.45) is 0. The summed E-state index contributed by atoms with van der Waals surface area (Å²) < 4.78 is 2.36. The molecule has 0 spiro atoms. The zero-order valence-corrected chi connectivity index (χ0v) is 17.0. The number of aryl methyl sites for hydroxylation is 1. The molecular weight excluding hydrogens is 382 g/mol. The molecule has 0 fully saturated rings. The van der Waals surface area contributed by atoms with Crippen LogP contribution in [0.4, 0.5) is 0 Å². The zero-order chi connectivity index (χ0) is 19.6. The predicted octanol–water partition coefficient (Wildman–Crippen LogP) is 4.44. The number of hydrogen-bond donors (Lipinski definition) is 0. The number of aromatic nitrogens is 2. The number of para-hydroxylation sites is 1. The maximum atomic E-state index is 13.0. The Kier molecular flexibility index (Phi) is 5.77. The Morgan fingerprint density at radius 1 is 1.15 bits per heavy atom. The maximum Gasteiger partial charge on any atom is 0.295 e. The third kappa shape index (κ3) is 3.96. The van der Waals surface area contributed by atoms with Gasteiger partial charge in [0.15, 0.2) is 0 Å². The van der Waals surface area contributed by atoms with Crippen LogP contribution in [0, 0.1) is 13.8 Å². The highest BCUT2D eigenvalue weighted by Gasteiger charge is 2.28. The van der Waals surface area contributed by atoms with E-state index in [9.17, 15) is 9.59 Å². The number of rotatable bonds is 6. The molecule has 0 radical (unpaired) electrons. The topological polar surface area (TPSA) is 55.2 Å². The lowest BCUT2D eigenvalue weighted by molar-refractivity contribution is -0.126. The molecule has 0 saturated heterocycles. The average molecular weight is 402 g/mol. The van der Waals surface area contributed by atoms with Crippen LogP contribution in [0.1, 0.15) is 33.5 Å². The molecule has 1 amide bonds. The van der Waals surface area contributed by atoms with Gasteiger partial charge in [-0.3, -0.25) is 9.59 Å². The van der Waals surface area contributed by atoms with Gasteiger partial charge in [-0.25, -0.2) is 4.68 Å². The summed E-state index contributed by atoms with van der Waals surface area (Å²) in [5.74, 6) is -1.06. The van der Waals surface area contributed by atoms with E-state index < -0.39 is 11.7 Å². The van der Waals surface area contributed by atoms with Gasteiger partial charge >= 0.3 is 0 Å². The predicted molar refractivity (Wildman–Crippen MR) is 108 cm³/mol. The summed E-state index contributed by atoms with van der Waals surface area (Å²) in [6.45, 7) is 6.22. The van der Waals surface area contributed by atoms with Gasteiger partial charge in [0, 0.05) is 11.4 Å². The van der Waals surface area contributed by atoms with Crippen LogP contribution in [0.2, 0.25) is 4.34 Å². The lowest BCUT2D eigenvalue weighted by Gasteiger charge is -2.19. The molecule has 0 N–H and O–H groups in total. The number of hydrogen-bond acceptors (Lipinski definition) is 4. The Balaban J connectivity index is 1.88. The van der Waals surface area contributed by atoms with Gasteiger partial charge in [-0.2, -0.15) is 5.10 Å². The van der Waals surface area contributed by atoms with Crippen molar-refractivity contribution in [3.63, 3.8) is 0 Å². The number of likely N-dealkylation sites (N-methyl/N-ethyl adjacent to an activating group) is 1. The van der Waals surface area contributed by atoms with Crippen molar-refractivity contribution in [2.24, 2.45) is 0 Å². The van der Waals surface area contributed by atoms with E-state index in [0.717, 1.165) is 10.6 Å². The molecule has 0 unspecified atom stereocenters. The third-order valence-electron chi connectivity index (χ3n) is 4.36. The van der Waals surface area contributed by atoms with Gasteiger partial charge in [-0.15, -0.1) is 11.3 Å². The van der Waals surface area contributed by atoms with Crippen molar-refractivity contribution in [3.05, 3.63) is 68.6 Å². The summed E-state index contributed by atoms with van der Waals surface area (Å²) in [6, 6.07) is 13.2. The highest BCUT2D eigenvalue weighted by atomic mass is 35.5. The summed E-state index contributed by atoms with van der Waals surface area (Å²) in [5.41, 5.74) is 2.42. The van der Waals surface area contributed by atoms with E-state index in [1.165, 1.54) is 16.2 Å². The first kappa shape index (κ1) is 19.3. The molecule has 0 atom stereocenters. The van der Waals surface area contributed by atoms with Crippen LogP contribution in [0.25, 0.3) is 5.69 Å². The Morgan fingerprint density at radius 2 is 1.85 bits per heavy atom. The Hall–Kier alpha value is -2.44. The first-order valence-corrected chi connectivity index (χ1v) is 9.81. The molecule has 140 valence electrons. The standard InChI is InChI=1S/C20H20ClN3O2S/c1-4-23(12-16-10-11-17(21)27-16)20(26)19(25)18-13(2)22-24(14(18)3)15-8-6-5-7-9-15/h5-11H,4,12H2,1-3H3. The smallest absolute Gasteiger partial charge is 0.295 e. The fraction of sp³-hybridized carbons (Fsp3) is 0.250. The van der Waals surface area contributed by atoms with Crippen LogP contribution >= 0.6 is 22.9 Å². The molecule has 0 saturated carbocycles. The number of carbonyl (C=O) groups excluding carboxylic acids is 2. The van der Waals surface area contributed by atoms with E-state index in [1.807, 2.05) is 50.2 Å². The van der Waals surface area contributed by atoms with Crippen LogP contribution < -0.4 is 0 Å². The van der Waals surface area contributed by atoms with E-state index in [2.05, 4.69) is 5.10 Å². The van der Waals surface area contributed by atoms with Crippen LogP contribution in [0.3, 0.4) is 0 Å². The highest BCUT2D eigenvalue weighted by molar-refractivity contribution is 7.16. The highest BCUT2D eigenvalue weighted by Crippen LogP contribution is 2.24. The van der Waals surface area contributed by atoms with Gasteiger partial charge < -0.3 is 4.90 Å². The fourth-order valence-electron chi connectivity index (χ4n) is 2.99. The monoisotopic (exact) mass is 401 g/mol. The summed E-state index contributed by atoms with van der Waals surface area (Å²) in [5, 5.41) is 4.47. The van der Waals surface area contributed by atoms with Crippen LogP contribution in [0.5, 0.6) is 0 Å². The van der Waals surface area contributed by atoms with Gasteiger partial charge in [0.25, 0.3) is 11.7 Å². The Labute approximate surface area is 167 Å². The van der Waals surface area contributed by atoms with Gasteiger partial charge in [-0.05, 0) is 45.0 Å². The first-order valence-electron chi connectivity index (χ1n) is 8.61. The minimum atomic E-state index is -0.531. The van der Waals surface area contributed by atoms with E-state index in [-0.39, 0.29) is 0 Å². The van der Waals surface area contributed by atoms with E-state index in [0.29, 0.717) is 34.4 Å². The van der Waals surface area contributed by atoms with Crippen LogP contribution in [-0.2, 0) is 11.3 Å². The number of amides is 1. The molecule has 0 aliphatic rings. The lowest BCUT2D eigenvalue weighted by Crippen LogP contribution is -2.36. The van der Waals surface area contributed by atoms with E-state index in [4.69, 9.17) is 11.6 Å². The minimum Gasteiger partial charge on any atom is -0.331 e. The number of benzene rings is 1. The molecule has 2 heterocycles. The molecule has 27 heavy (non-hydrogen) atoms. The summed E-state index contributed by atoms with van der Waals surface area (Å²) >= 11 is 7.37. The van der Waals surface area contributed by atoms with E-state index in [1.54, 1.807) is 17.7 Å². The maximum absolute atomic E-state index is 13.0. The molecule has 3 aromatic rings. The second-order valence-electron chi connectivity index (χ2n) is 6.15. The quantitative estimate of drug-likeness (QED) is 0.453. The van der Waals surface area contributed by atoms with Crippen LogP contribution in [-0.4, -0.2) is 32.9 Å². The van der Waals surface area contributed by atoms with Crippen LogP contribution in [0.15, 0.2) is 42.5 Å². The first-order chi connectivity index (χ1) is 12.9. The second-order valence-corrected chi connectivity index (χ2v) is 7.95.